The second kappa shape index (κ2) is 3.96. The van der Waals surface area contributed by atoms with Crippen LogP contribution in [0.1, 0.15) is 24.5 Å². The smallest absolute Gasteiger partial charge is 0.187 e. The summed E-state index contributed by atoms with van der Waals surface area (Å²) in [5, 5.41) is 5.59. The van der Waals surface area contributed by atoms with Crippen LogP contribution in [0.2, 0.25) is 0 Å². The van der Waals surface area contributed by atoms with Crippen LogP contribution in [0.15, 0.2) is 24.3 Å². The number of nitrogens with zero attached hydrogens (tertiary/aromatic N) is 3. The van der Waals surface area contributed by atoms with E-state index in [1.807, 2.05) is 0 Å². The van der Waals surface area contributed by atoms with E-state index in [1.54, 1.807) is 0 Å². The van der Waals surface area contributed by atoms with E-state index < -0.39 is 0 Å². The maximum Gasteiger partial charge on any atom is 0.187 e. The molecular formula is C13H17N3S. The van der Waals surface area contributed by atoms with E-state index in [1.165, 1.54) is 11.1 Å². The van der Waals surface area contributed by atoms with Gasteiger partial charge in [-0.25, -0.2) is 0 Å². The second-order valence-electron chi connectivity index (χ2n) is 4.71. The van der Waals surface area contributed by atoms with Gasteiger partial charge in [-0.3, -0.25) is 5.01 Å². The normalized spacial score (nSPS) is 23.9. The predicted molar refractivity (Wildman–Crippen MR) is 72.0 cm³/mol. The second-order valence-corrected chi connectivity index (χ2v) is 5.07. The van der Waals surface area contributed by atoms with Crippen molar-refractivity contribution in [3.8, 4) is 0 Å². The van der Waals surface area contributed by atoms with E-state index in [9.17, 15) is 0 Å². The summed E-state index contributed by atoms with van der Waals surface area (Å²) >= 11 is 5.52. The van der Waals surface area contributed by atoms with Gasteiger partial charge in [0.2, 0.25) is 0 Å². The van der Waals surface area contributed by atoms with Crippen LogP contribution in [0.3, 0.4) is 0 Å². The number of hydrogen-bond donors (Lipinski definition) is 0. The molecule has 1 aromatic carbocycles. The molecule has 1 atom stereocenters. The Morgan fingerprint density at radius 1 is 1.24 bits per heavy atom. The minimum atomic E-state index is 0.413. The maximum atomic E-state index is 5.52. The zero-order chi connectivity index (χ0) is 12.0. The molecule has 0 bridgehead atoms. The monoisotopic (exact) mass is 247 g/mol. The Hall–Kier alpha value is -1.13. The average molecular weight is 247 g/mol. The first-order valence-electron chi connectivity index (χ1n) is 6.10. The molecule has 2 aliphatic heterocycles. The molecule has 17 heavy (non-hydrogen) atoms. The highest BCUT2D eigenvalue weighted by Gasteiger charge is 2.40. The SMILES string of the molecule is CCC1N(C)C(=S)N2Cc3ccccc3CN12. The van der Waals surface area contributed by atoms with Crippen LogP contribution in [0.5, 0.6) is 0 Å². The predicted octanol–water partition coefficient (Wildman–Crippen LogP) is 2.19. The van der Waals surface area contributed by atoms with Crippen LogP contribution in [-0.4, -0.2) is 33.2 Å². The lowest BCUT2D eigenvalue weighted by atomic mass is 10.1. The van der Waals surface area contributed by atoms with Gasteiger partial charge in [0, 0.05) is 13.6 Å². The van der Waals surface area contributed by atoms with Crippen molar-refractivity contribution < 1.29 is 0 Å². The molecule has 0 aliphatic carbocycles. The van der Waals surface area contributed by atoms with Crippen LogP contribution in [0.25, 0.3) is 0 Å². The number of benzene rings is 1. The molecule has 1 saturated heterocycles. The molecule has 1 aromatic rings. The summed E-state index contributed by atoms with van der Waals surface area (Å²) in [6, 6.07) is 8.65. The summed E-state index contributed by atoms with van der Waals surface area (Å²) < 4.78 is 0. The van der Waals surface area contributed by atoms with Crippen molar-refractivity contribution >= 4 is 17.3 Å². The highest BCUT2D eigenvalue weighted by atomic mass is 32.1. The third-order valence-electron chi connectivity index (χ3n) is 3.76. The van der Waals surface area contributed by atoms with E-state index >= 15 is 0 Å². The Balaban J connectivity index is 1.98. The lowest BCUT2D eigenvalue weighted by Crippen LogP contribution is -2.44. The Bertz CT molecular complexity index is 460. The molecule has 2 heterocycles. The molecule has 1 unspecified atom stereocenters. The topological polar surface area (TPSA) is 9.72 Å². The minimum Gasteiger partial charge on any atom is -0.334 e. The Morgan fingerprint density at radius 3 is 2.53 bits per heavy atom. The van der Waals surface area contributed by atoms with E-state index in [2.05, 4.69) is 53.2 Å². The fourth-order valence-corrected chi connectivity index (χ4v) is 3.11. The number of rotatable bonds is 1. The summed E-state index contributed by atoms with van der Waals surface area (Å²) in [6.07, 6.45) is 1.51. The lowest BCUT2D eigenvalue weighted by molar-refractivity contribution is -0.0134. The first-order valence-corrected chi connectivity index (χ1v) is 6.51. The quantitative estimate of drug-likeness (QED) is 0.703. The van der Waals surface area contributed by atoms with E-state index in [0.717, 1.165) is 24.6 Å². The standard InChI is InChI=1S/C13H17N3S/c1-3-12-14(2)13(17)16-9-11-7-5-4-6-10(11)8-15(12)16/h4-7,12H,3,8-9H2,1-2H3. The third-order valence-corrected chi connectivity index (χ3v) is 4.26. The minimum absolute atomic E-state index is 0.413. The van der Waals surface area contributed by atoms with Gasteiger partial charge in [0.25, 0.3) is 0 Å². The van der Waals surface area contributed by atoms with Gasteiger partial charge in [0.1, 0.15) is 6.17 Å². The molecule has 4 heteroatoms. The maximum absolute atomic E-state index is 5.52. The Morgan fingerprint density at radius 2 is 1.88 bits per heavy atom. The van der Waals surface area contributed by atoms with Crippen molar-refractivity contribution in [1.82, 2.24) is 14.9 Å². The summed E-state index contributed by atoms with van der Waals surface area (Å²) in [6.45, 7) is 4.10. The van der Waals surface area contributed by atoms with E-state index in [-0.39, 0.29) is 0 Å². The van der Waals surface area contributed by atoms with Crippen molar-refractivity contribution in [3.05, 3.63) is 35.4 Å². The third kappa shape index (κ3) is 1.55. The molecule has 0 saturated carbocycles. The van der Waals surface area contributed by atoms with Crippen LogP contribution in [0, 0.1) is 0 Å². The molecule has 3 rings (SSSR count). The number of fused-ring (bicyclic) bond motifs is 2. The zero-order valence-electron chi connectivity index (χ0n) is 10.3. The number of hydrogen-bond acceptors (Lipinski definition) is 2. The molecule has 0 N–H and O–H groups in total. The highest BCUT2D eigenvalue weighted by Crippen LogP contribution is 2.31. The van der Waals surface area contributed by atoms with Gasteiger partial charge in [-0.1, -0.05) is 31.2 Å². The fraction of sp³-hybridized carbons (Fsp3) is 0.462. The van der Waals surface area contributed by atoms with Crippen LogP contribution >= 0.6 is 12.2 Å². The largest absolute Gasteiger partial charge is 0.334 e. The first kappa shape index (κ1) is 11.0. The zero-order valence-corrected chi connectivity index (χ0v) is 11.1. The number of thiocarbonyl (C=S) groups is 1. The van der Waals surface area contributed by atoms with Crippen molar-refractivity contribution in [2.24, 2.45) is 0 Å². The van der Waals surface area contributed by atoms with E-state index in [0.29, 0.717) is 6.17 Å². The van der Waals surface area contributed by atoms with Gasteiger partial charge in [0.15, 0.2) is 5.11 Å². The highest BCUT2D eigenvalue weighted by molar-refractivity contribution is 7.80. The molecule has 2 aliphatic rings. The molecule has 0 radical (unpaired) electrons. The summed E-state index contributed by atoms with van der Waals surface area (Å²) in [5.41, 5.74) is 2.83. The van der Waals surface area contributed by atoms with Gasteiger partial charge >= 0.3 is 0 Å². The molecule has 1 fully saturated rings. The molecule has 0 aromatic heterocycles. The van der Waals surface area contributed by atoms with Gasteiger partial charge in [-0.05, 0) is 29.8 Å². The summed E-state index contributed by atoms with van der Waals surface area (Å²) in [7, 11) is 2.10. The average Bonchev–Trinajstić information content (AvgIpc) is 2.59. The summed E-state index contributed by atoms with van der Waals surface area (Å²) in [5.74, 6) is 0. The Labute approximate surface area is 108 Å². The lowest BCUT2D eigenvalue weighted by Gasteiger charge is -2.36. The first-order chi connectivity index (χ1) is 8.22. The van der Waals surface area contributed by atoms with Crippen molar-refractivity contribution in [1.29, 1.82) is 0 Å². The molecule has 90 valence electrons. The van der Waals surface area contributed by atoms with Crippen LogP contribution in [-0.2, 0) is 13.1 Å². The number of hydrazine groups is 1. The molecule has 3 nitrogen and oxygen atoms in total. The van der Waals surface area contributed by atoms with Crippen LogP contribution < -0.4 is 0 Å². The van der Waals surface area contributed by atoms with Crippen LogP contribution in [0.4, 0.5) is 0 Å². The molecule has 0 amide bonds. The van der Waals surface area contributed by atoms with Crippen molar-refractivity contribution in [2.45, 2.75) is 32.6 Å². The van der Waals surface area contributed by atoms with Gasteiger partial charge in [-0.15, -0.1) is 0 Å². The van der Waals surface area contributed by atoms with E-state index in [4.69, 9.17) is 12.2 Å². The van der Waals surface area contributed by atoms with Crippen molar-refractivity contribution in [3.63, 3.8) is 0 Å². The molecule has 0 spiro atoms. The molecular weight excluding hydrogens is 230 g/mol. The van der Waals surface area contributed by atoms with Gasteiger partial charge in [-0.2, -0.15) is 5.01 Å². The van der Waals surface area contributed by atoms with Gasteiger partial charge < -0.3 is 4.90 Å². The Kier molecular flexibility index (Phi) is 2.56. The summed E-state index contributed by atoms with van der Waals surface area (Å²) in [4.78, 5) is 2.21. The fourth-order valence-electron chi connectivity index (χ4n) is 2.82. The van der Waals surface area contributed by atoms with Crippen molar-refractivity contribution in [2.75, 3.05) is 7.05 Å². The van der Waals surface area contributed by atoms with Gasteiger partial charge in [0.05, 0.1) is 6.54 Å².